The number of primary amides is 1. The van der Waals surface area contributed by atoms with E-state index in [1.54, 1.807) is 30.7 Å². The predicted octanol–water partition coefficient (Wildman–Crippen LogP) is 3.53. The zero-order valence-electron chi connectivity index (χ0n) is 17.8. The summed E-state index contributed by atoms with van der Waals surface area (Å²) >= 11 is 0. The van der Waals surface area contributed by atoms with Crippen LogP contribution in [-0.4, -0.2) is 35.5 Å². The molecule has 0 fully saturated rings. The van der Waals surface area contributed by atoms with Gasteiger partial charge < -0.3 is 15.2 Å². The van der Waals surface area contributed by atoms with Crippen molar-refractivity contribution in [3.8, 4) is 28.1 Å². The van der Waals surface area contributed by atoms with Crippen LogP contribution in [0.4, 0.5) is 16.0 Å². The average Bonchev–Trinajstić information content (AvgIpc) is 2.80. The maximum Gasteiger partial charge on any atom is 0.306 e. The van der Waals surface area contributed by atoms with Crippen LogP contribution in [0, 0.1) is 5.82 Å². The predicted molar refractivity (Wildman–Crippen MR) is 124 cm³/mol. The van der Waals surface area contributed by atoms with Gasteiger partial charge in [0.1, 0.15) is 5.82 Å². The number of carbonyl (C=O) groups excluding carboxylic acids is 1. The topological polar surface area (TPSA) is 137 Å². The highest BCUT2D eigenvalue weighted by molar-refractivity contribution is 7.86. The second-order valence-corrected chi connectivity index (χ2v) is 8.73. The molecule has 0 aliphatic rings. The molecule has 4 aromatic rings. The van der Waals surface area contributed by atoms with Gasteiger partial charge in [0.15, 0.2) is 5.75 Å². The summed E-state index contributed by atoms with van der Waals surface area (Å²) in [7, 11) is -3.97. The van der Waals surface area contributed by atoms with Crippen LogP contribution in [0.5, 0.6) is 5.75 Å². The Bertz CT molecular complexity index is 1480. The van der Waals surface area contributed by atoms with Crippen LogP contribution >= 0.6 is 0 Å². The molecule has 0 radical (unpaired) electrons. The molecule has 0 aliphatic carbocycles. The molecule has 4 rings (SSSR count). The number of rotatable bonds is 7. The molecule has 2 aromatic carbocycles. The first kappa shape index (κ1) is 22.8. The monoisotopic (exact) mass is 479 g/mol. The van der Waals surface area contributed by atoms with Gasteiger partial charge in [-0.1, -0.05) is 6.07 Å². The number of anilines is 2. The average molecular weight is 479 g/mol. The van der Waals surface area contributed by atoms with E-state index in [1.807, 2.05) is 6.07 Å². The van der Waals surface area contributed by atoms with Crippen LogP contribution in [0.25, 0.3) is 22.4 Å². The summed E-state index contributed by atoms with van der Waals surface area (Å²) in [6, 6.07) is 13.4. The highest BCUT2D eigenvalue weighted by Crippen LogP contribution is 2.37. The van der Waals surface area contributed by atoms with Gasteiger partial charge in [0, 0.05) is 41.0 Å². The van der Waals surface area contributed by atoms with Gasteiger partial charge in [-0.2, -0.15) is 8.42 Å². The molecule has 0 bridgehead atoms. The molecule has 0 spiro atoms. The van der Waals surface area contributed by atoms with Crippen molar-refractivity contribution in [2.75, 3.05) is 11.6 Å². The summed E-state index contributed by atoms with van der Waals surface area (Å²) in [4.78, 5) is 24.7. The van der Waals surface area contributed by atoms with Gasteiger partial charge in [0.05, 0.1) is 17.5 Å². The van der Waals surface area contributed by atoms with Gasteiger partial charge in [-0.05, 0) is 48.5 Å². The number of amides is 1. The SMILES string of the molecule is CS(=O)(=O)Oc1cccc(C(N)=O)c1-c1cc(Nc2nccc(-c3cccnc3)n2)ccc1F. The van der Waals surface area contributed by atoms with Crippen molar-refractivity contribution in [3.63, 3.8) is 0 Å². The lowest BCUT2D eigenvalue weighted by Gasteiger charge is -2.15. The minimum Gasteiger partial charge on any atom is -0.382 e. The Morgan fingerprint density at radius 2 is 1.91 bits per heavy atom. The Kier molecular flexibility index (Phi) is 6.19. The van der Waals surface area contributed by atoms with Crippen molar-refractivity contribution in [2.45, 2.75) is 0 Å². The summed E-state index contributed by atoms with van der Waals surface area (Å²) in [6.07, 6.45) is 5.71. The number of benzene rings is 2. The van der Waals surface area contributed by atoms with Crippen molar-refractivity contribution in [3.05, 3.63) is 84.6 Å². The van der Waals surface area contributed by atoms with Gasteiger partial charge in [-0.15, -0.1) is 0 Å². The molecule has 0 atom stereocenters. The number of hydrogen-bond acceptors (Lipinski definition) is 8. The molecular formula is C23H18FN5O4S. The first-order chi connectivity index (χ1) is 16.2. The molecule has 0 unspecified atom stereocenters. The minimum absolute atomic E-state index is 0.0911. The van der Waals surface area contributed by atoms with Gasteiger partial charge in [-0.25, -0.2) is 14.4 Å². The Labute approximate surface area is 194 Å². The number of nitrogens with zero attached hydrogens (tertiary/aromatic N) is 3. The Morgan fingerprint density at radius 3 is 2.62 bits per heavy atom. The van der Waals surface area contributed by atoms with Gasteiger partial charge >= 0.3 is 10.1 Å². The van der Waals surface area contributed by atoms with Crippen molar-refractivity contribution in [1.82, 2.24) is 15.0 Å². The third-order valence-electron chi connectivity index (χ3n) is 4.64. The molecule has 0 saturated carbocycles. The molecule has 0 aliphatic heterocycles. The summed E-state index contributed by atoms with van der Waals surface area (Å²) < 4.78 is 43.4. The Balaban J connectivity index is 1.77. The normalized spacial score (nSPS) is 11.1. The molecule has 172 valence electrons. The largest absolute Gasteiger partial charge is 0.382 e. The van der Waals surface area contributed by atoms with Crippen LogP contribution in [0.15, 0.2) is 73.2 Å². The summed E-state index contributed by atoms with van der Waals surface area (Å²) in [5.74, 6) is -1.60. The van der Waals surface area contributed by atoms with Crippen molar-refractivity contribution < 1.29 is 21.8 Å². The summed E-state index contributed by atoms with van der Waals surface area (Å²) in [6.45, 7) is 0. The van der Waals surface area contributed by atoms with Crippen molar-refractivity contribution in [1.29, 1.82) is 0 Å². The maximum absolute atomic E-state index is 14.9. The van der Waals surface area contributed by atoms with Crippen molar-refractivity contribution in [2.24, 2.45) is 5.73 Å². The zero-order valence-corrected chi connectivity index (χ0v) is 18.6. The summed E-state index contributed by atoms with van der Waals surface area (Å²) in [5, 5.41) is 2.98. The Hall–Kier alpha value is -4.38. The fraction of sp³-hybridized carbons (Fsp3) is 0.0435. The standard InChI is InChI=1S/C23H18FN5O4S/c1-34(31,32)33-20-6-2-5-16(22(25)30)21(20)17-12-15(7-8-18(17)24)28-23-27-11-9-19(29-23)14-4-3-10-26-13-14/h2-13H,1H3,(H2,25,30)(H,27,28,29). The van der Waals surface area contributed by atoms with Gasteiger partial charge in [-0.3, -0.25) is 9.78 Å². The molecule has 9 nitrogen and oxygen atoms in total. The second kappa shape index (κ2) is 9.24. The quantitative estimate of drug-likeness (QED) is 0.384. The first-order valence-electron chi connectivity index (χ1n) is 9.84. The first-order valence-corrected chi connectivity index (χ1v) is 11.7. The van der Waals surface area contributed by atoms with E-state index in [2.05, 4.69) is 20.3 Å². The van der Waals surface area contributed by atoms with Gasteiger partial charge in [0.25, 0.3) is 0 Å². The number of nitrogens with two attached hydrogens (primary N) is 1. The molecule has 0 saturated heterocycles. The van der Waals surface area contributed by atoms with Crippen LogP contribution in [-0.2, 0) is 10.1 Å². The van der Waals surface area contributed by atoms with Gasteiger partial charge in [0.2, 0.25) is 11.9 Å². The molecular weight excluding hydrogens is 461 g/mol. The van der Waals surface area contributed by atoms with Crippen LogP contribution in [0.1, 0.15) is 10.4 Å². The highest BCUT2D eigenvalue weighted by Gasteiger charge is 2.21. The Morgan fingerprint density at radius 1 is 1.09 bits per heavy atom. The third-order valence-corrected chi connectivity index (χ3v) is 5.12. The molecule has 2 aromatic heterocycles. The number of carbonyl (C=O) groups is 1. The minimum atomic E-state index is -3.97. The molecule has 11 heteroatoms. The lowest BCUT2D eigenvalue weighted by molar-refractivity contribution is 0.100. The van der Waals surface area contributed by atoms with E-state index in [4.69, 9.17) is 9.92 Å². The van der Waals surface area contributed by atoms with E-state index in [-0.39, 0.29) is 28.4 Å². The number of pyridine rings is 1. The van der Waals surface area contributed by atoms with Crippen LogP contribution < -0.4 is 15.2 Å². The molecule has 34 heavy (non-hydrogen) atoms. The number of nitrogens with one attached hydrogen (secondary N) is 1. The third kappa shape index (κ3) is 5.15. The van der Waals surface area contributed by atoms with E-state index in [0.717, 1.165) is 17.9 Å². The maximum atomic E-state index is 14.9. The lowest BCUT2D eigenvalue weighted by Crippen LogP contribution is -2.15. The highest BCUT2D eigenvalue weighted by atomic mass is 32.2. The fourth-order valence-electron chi connectivity index (χ4n) is 3.26. The van der Waals surface area contributed by atoms with Crippen LogP contribution in [0.3, 0.4) is 0 Å². The number of halogens is 1. The molecule has 1 amide bonds. The van der Waals surface area contributed by atoms with E-state index >= 15 is 0 Å². The van der Waals surface area contributed by atoms with E-state index in [1.165, 1.54) is 30.3 Å². The summed E-state index contributed by atoms with van der Waals surface area (Å²) in [5.41, 5.74) is 6.95. The lowest BCUT2D eigenvalue weighted by atomic mass is 9.97. The van der Waals surface area contributed by atoms with E-state index in [0.29, 0.717) is 11.4 Å². The number of aromatic nitrogens is 3. The van der Waals surface area contributed by atoms with Crippen LogP contribution in [0.2, 0.25) is 0 Å². The molecule has 3 N–H and O–H groups in total. The zero-order chi connectivity index (χ0) is 24.3. The van der Waals surface area contributed by atoms with Crippen molar-refractivity contribution >= 4 is 27.7 Å². The second-order valence-electron chi connectivity index (χ2n) is 7.16. The number of hydrogen-bond donors (Lipinski definition) is 2. The fourth-order valence-corrected chi connectivity index (χ4v) is 3.73. The van der Waals surface area contributed by atoms with E-state index in [9.17, 15) is 17.6 Å². The van der Waals surface area contributed by atoms with E-state index < -0.39 is 21.8 Å². The molecule has 2 heterocycles. The smallest absolute Gasteiger partial charge is 0.306 e.